The lowest BCUT2D eigenvalue weighted by Crippen LogP contribution is -1.97. The Morgan fingerprint density at radius 1 is 0.353 bits per heavy atom. The van der Waals surface area contributed by atoms with Crippen LogP contribution in [0, 0.1) is 0 Å². The Morgan fingerprint density at radius 2 is 0.941 bits per heavy atom. The molecule has 3 aromatic heterocycles. The van der Waals surface area contributed by atoms with Crippen LogP contribution in [0.3, 0.4) is 0 Å². The van der Waals surface area contributed by atoms with Crippen LogP contribution < -0.4 is 0 Å². The maximum absolute atomic E-state index is 9.94. The molecule has 0 aliphatic rings. The summed E-state index contributed by atoms with van der Waals surface area (Å²) in [5.74, 6) is 0. The largest absolute Gasteiger partial charge is 0.309 e. The molecule has 11 aromatic rings. The summed E-state index contributed by atoms with van der Waals surface area (Å²) in [7, 11) is 0. The number of nitrogens with zero attached hydrogens (tertiary/aromatic N) is 3. The summed E-state index contributed by atoms with van der Waals surface area (Å²) in [5.41, 5.74) is 4.79. The minimum absolute atomic E-state index is 0.0170. The molecular formula is C48H31N3. The van der Waals surface area contributed by atoms with E-state index in [4.69, 9.17) is 12.3 Å². The van der Waals surface area contributed by atoms with Gasteiger partial charge in [0.15, 0.2) is 0 Å². The fraction of sp³-hybridized carbons (Fsp3) is 0. The summed E-state index contributed by atoms with van der Waals surface area (Å²) in [5, 5.41) is 3.78. The van der Waals surface area contributed by atoms with Crippen molar-refractivity contribution in [1.29, 1.82) is 0 Å². The van der Waals surface area contributed by atoms with Gasteiger partial charge in [-0.25, -0.2) is 0 Å². The van der Waals surface area contributed by atoms with Crippen LogP contribution in [0.2, 0.25) is 0 Å². The van der Waals surface area contributed by atoms with E-state index in [2.05, 4.69) is 51.6 Å². The first-order valence-electron chi connectivity index (χ1n) is 22.6. The van der Waals surface area contributed by atoms with Gasteiger partial charge < -0.3 is 13.7 Å². The third kappa shape index (κ3) is 4.00. The van der Waals surface area contributed by atoms with Crippen molar-refractivity contribution in [2.45, 2.75) is 0 Å². The number of benzene rings is 8. The Morgan fingerprint density at radius 3 is 1.73 bits per heavy atom. The highest BCUT2D eigenvalue weighted by Crippen LogP contribution is 2.44. The van der Waals surface area contributed by atoms with Crippen molar-refractivity contribution in [3.63, 3.8) is 0 Å². The fourth-order valence-corrected chi connectivity index (χ4v) is 7.74. The number of rotatable bonds is 4. The quantitative estimate of drug-likeness (QED) is 0.178. The van der Waals surface area contributed by atoms with Gasteiger partial charge in [-0.3, -0.25) is 0 Å². The molecule has 238 valence electrons. The number of para-hydroxylation sites is 6. The van der Waals surface area contributed by atoms with Gasteiger partial charge in [-0.2, -0.15) is 0 Å². The topological polar surface area (TPSA) is 14.8 Å². The highest BCUT2D eigenvalue weighted by atomic mass is 15.0. The molecule has 3 nitrogen and oxygen atoms in total. The molecule has 3 heteroatoms. The van der Waals surface area contributed by atoms with Gasteiger partial charge >= 0.3 is 0 Å². The molecule has 0 fully saturated rings. The minimum Gasteiger partial charge on any atom is -0.309 e. The monoisotopic (exact) mass is 661 g/mol. The molecular weight excluding hydrogens is 619 g/mol. The van der Waals surface area contributed by atoms with Crippen molar-refractivity contribution < 1.29 is 16.4 Å². The molecule has 0 radical (unpaired) electrons. The molecule has 0 unspecified atom stereocenters. The normalized spacial score (nSPS) is 15.2. The summed E-state index contributed by atoms with van der Waals surface area (Å²) >= 11 is 0. The molecule has 0 saturated carbocycles. The molecule has 0 saturated heterocycles. The molecule has 0 atom stereocenters. The molecule has 8 aromatic carbocycles. The van der Waals surface area contributed by atoms with Gasteiger partial charge in [0.1, 0.15) is 0 Å². The standard InChI is InChI=1S/C48H31N3/c1-3-15-33(16-4-1)49-41-24-12-8-20-36(41)39-31-32(27-28-44(39)49)35-19-7-11-23-40(35)51-43-26-14-10-22-38(43)48-46(51)30-29-45-47(48)37-21-9-13-25-42(37)50(45)34-17-5-2-6-18-34/h1-31H/i1D,3D,4D,8D,12D,15D,16D,20D,24D,27D,28D,31D. The highest BCUT2D eigenvalue weighted by molar-refractivity contribution is 6.29. The Bertz CT molecular complexity index is 3800. The first-order valence-corrected chi connectivity index (χ1v) is 16.6. The summed E-state index contributed by atoms with van der Waals surface area (Å²) in [6.07, 6.45) is 0. The number of fused-ring (bicyclic) bond motifs is 10. The molecule has 0 amide bonds. The second-order valence-electron chi connectivity index (χ2n) is 12.4. The maximum Gasteiger partial charge on any atom is 0.0645 e. The van der Waals surface area contributed by atoms with Crippen LogP contribution in [0.5, 0.6) is 0 Å². The summed E-state index contributed by atoms with van der Waals surface area (Å²) < 4.78 is 113. The molecule has 11 rings (SSSR count). The van der Waals surface area contributed by atoms with Crippen molar-refractivity contribution in [2.24, 2.45) is 0 Å². The zero-order valence-corrected chi connectivity index (χ0v) is 26.8. The van der Waals surface area contributed by atoms with Crippen molar-refractivity contribution >= 4 is 65.4 Å². The zero-order chi connectivity index (χ0) is 43.9. The van der Waals surface area contributed by atoms with Crippen molar-refractivity contribution in [3.05, 3.63) is 188 Å². The van der Waals surface area contributed by atoms with E-state index in [1.165, 1.54) is 0 Å². The van der Waals surface area contributed by atoms with Gasteiger partial charge in [-0.1, -0.05) is 115 Å². The Labute approximate surface area is 311 Å². The first-order chi connectivity index (χ1) is 30.3. The Kier molecular flexibility index (Phi) is 3.99. The van der Waals surface area contributed by atoms with Crippen LogP contribution in [0.1, 0.15) is 16.4 Å². The van der Waals surface area contributed by atoms with E-state index in [9.17, 15) is 4.11 Å². The van der Waals surface area contributed by atoms with Gasteiger partial charge in [-0.15, -0.1) is 0 Å². The van der Waals surface area contributed by atoms with E-state index in [-0.39, 0.29) is 33.4 Å². The summed E-state index contributed by atoms with van der Waals surface area (Å²) in [6, 6.07) is 30.9. The Hall–Kier alpha value is -6.84. The lowest BCUT2D eigenvalue weighted by Gasteiger charge is -2.15. The second kappa shape index (κ2) is 10.8. The molecule has 3 heterocycles. The summed E-state index contributed by atoms with van der Waals surface area (Å²) in [6.45, 7) is 0. The smallest absolute Gasteiger partial charge is 0.0645 e. The van der Waals surface area contributed by atoms with E-state index in [1.807, 2.05) is 60.7 Å². The predicted molar refractivity (Wildman–Crippen MR) is 215 cm³/mol. The van der Waals surface area contributed by atoms with Gasteiger partial charge in [0, 0.05) is 49.3 Å². The van der Waals surface area contributed by atoms with E-state index in [1.54, 1.807) is 12.1 Å². The summed E-state index contributed by atoms with van der Waals surface area (Å²) in [4.78, 5) is 0. The average molecular weight is 662 g/mol. The van der Waals surface area contributed by atoms with Crippen molar-refractivity contribution in [3.8, 4) is 28.2 Å². The van der Waals surface area contributed by atoms with Gasteiger partial charge in [0.25, 0.3) is 0 Å². The number of hydrogen-bond donors (Lipinski definition) is 0. The molecule has 0 aliphatic carbocycles. The molecule has 0 N–H and O–H groups in total. The van der Waals surface area contributed by atoms with Crippen molar-refractivity contribution in [2.75, 3.05) is 0 Å². The van der Waals surface area contributed by atoms with Crippen LogP contribution in [-0.2, 0) is 0 Å². The van der Waals surface area contributed by atoms with Crippen molar-refractivity contribution in [1.82, 2.24) is 13.7 Å². The second-order valence-corrected chi connectivity index (χ2v) is 12.4. The average Bonchev–Trinajstić information content (AvgIpc) is 3.95. The SMILES string of the molecule is [2H]c1c([2H])c([2H])c(-n2c3c([2H])c([2H])c([2H])c([2H])c3c3c([2H])c(-c4ccccc4-n4c5ccccc5c5c6c7ccccc7n(-c7ccccc7)c6ccc54)c([2H])c([2H])c32)c([2H])c1[2H]. The maximum atomic E-state index is 9.94. The Balaban J connectivity index is 1.27. The van der Waals surface area contributed by atoms with Crippen LogP contribution >= 0.6 is 0 Å². The van der Waals surface area contributed by atoms with E-state index < -0.39 is 72.2 Å². The van der Waals surface area contributed by atoms with Crippen LogP contribution in [0.15, 0.2) is 188 Å². The molecule has 0 aliphatic heterocycles. The van der Waals surface area contributed by atoms with Crippen LogP contribution in [0.25, 0.3) is 93.6 Å². The van der Waals surface area contributed by atoms with Gasteiger partial charge in [-0.05, 0) is 78.2 Å². The van der Waals surface area contributed by atoms with Crippen LogP contribution in [-0.4, -0.2) is 13.7 Å². The number of hydrogen-bond acceptors (Lipinski definition) is 0. The third-order valence-corrected chi connectivity index (χ3v) is 9.77. The molecule has 51 heavy (non-hydrogen) atoms. The zero-order valence-electron chi connectivity index (χ0n) is 38.8. The molecule has 0 spiro atoms. The number of aromatic nitrogens is 3. The lowest BCUT2D eigenvalue weighted by atomic mass is 10.0. The third-order valence-electron chi connectivity index (χ3n) is 9.77. The lowest BCUT2D eigenvalue weighted by molar-refractivity contribution is 1.17. The minimum atomic E-state index is -0.691. The highest BCUT2D eigenvalue weighted by Gasteiger charge is 2.22. The van der Waals surface area contributed by atoms with Crippen LogP contribution in [0.4, 0.5) is 0 Å². The van der Waals surface area contributed by atoms with E-state index in [0.29, 0.717) is 11.3 Å². The van der Waals surface area contributed by atoms with Gasteiger partial charge in [0.2, 0.25) is 0 Å². The first kappa shape index (κ1) is 18.8. The van der Waals surface area contributed by atoms with E-state index in [0.717, 1.165) is 53.9 Å². The van der Waals surface area contributed by atoms with Gasteiger partial charge in [0.05, 0.1) is 55.2 Å². The molecule has 0 bridgehead atoms. The fourth-order valence-electron chi connectivity index (χ4n) is 7.74. The van der Waals surface area contributed by atoms with E-state index >= 15 is 0 Å². The predicted octanol–water partition coefficient (Wildman–Crippen LogP) is 12.6.